The fourth-order valence-corrected chi connectivity index (χ4v) is 1.54. The average molecular weight is 297 g/mol. The van der Waals surface area contributed by atoms with Crippen molar-refractivity contribution >= 4 is 6.09 Å². The Labute approximate surface area is 124 Å². The fraction of sp³-hybridized carbons (Fsp3) is 0.533. The van der Waals surface area contributed by atoms with Crippen molar-refractivity contribution in [2.75, 3.05) is 13.2 Å². The molecule has 1 aromatic carbocycles. The zero-order valence-corrected chi connectivity index (χ0v) is 12.6. The van der Waals surface area contributed by atoms with Crippen molar-refractivity contribution in [2.24, 2.45) is 0 Å². The molecule has 0 fully saturated rings. The number of carbonyl (C=O) groups is 1. The number of rotatable bonds is 6. The number of hydrogen-bond donors (Lipinski definition) is 3. The van der Waals surface area contributed by atoms with Crippen molar-refractivity contribution in [1.82, 2.24) is 5.32 Å². The van der Waals surface area contributed by atoms with Gasteiger partial charge in [0.15, 0.2) is 0 Å². The van der Waals surface area contributed by atoms with Gasteiger partial charge in [-0.2, -0.15) is 0 Å². The molecule has 0 aliphatic rings. The molecule has 1 rings (SSSR count). The average Bonchev–Trinajstić information content (AvgIpc) is 2.41. The summed E-state index contributed by atoms with van der Waals surface area (Å²) >= 11 is 0. The van der Waals surface area contributed by atoms with E-state index in [2.05, 4.69) is 5.32 Å². The number of carbonyl (C=O) groups excluding carboxylic acids is 1. The maximum Gasteiger partial charge on any atom is 0.408 e. The summed E-state index contributed by atoms with van der Waals surface area (Å²) in [5.41, 5.74) is -0.640. The molecular weight excluding hydrogens is 274 g/mol. The Morgan fingerprint density at radius 2 is 1.90 bits per heavy atom. The molecule has 21 heavy (non-hydrogen) atoms. The highest BCUT2D eigenvalue weighted by molar-refractivity contribution is 5.68. The minimum Gasteiger partial charge on any atom is -0.491 e. The van der Waals surface area contributed by atoms with Gasteiger partial charge in [0.2, 0.25) is 0 Å². The van der Waals surface area contributed by atoms with E-state index in [-0.39, 0.29) is 6.61 Å². The molecule has 1 amide bonds. The van der Waals surface area contributed by atoms with Crippen LogP contribution in [0.15, 0.2) is 30.3 Å². The second-order valence-corrected chi connectivity index (χ2v) is 5.63. The van der Waals surface area contributed by atoms with Crippen LogP contribution in [0.4, 0.5) is 4.79 Å². The summed E-state index contributed by atoms with van der Waals surface area (Å²) in [5, 5.41) is 21.3. The van der Waals surface area contributed by atoms with E-state index < -0.39 is 30.4 Å². The normalized spacial score (nSPS) is 14.1. The largest absolute Gasteiger partial charge is 0.491 e. The van der Waals surface area contributed by atoms with Gasteiger partial charge in [-0.3, -0.25) is 0 Å². The summed E-state index contributed by atoms with van der Waals surface area (Å²) in [6.45, 7) is 4.75. The lowest BCUT2D eigenvalue weighted by atomic mass is 10.2. The Morgan fingerprint density at radius 1 is 1.29 bits per heavy atom. The lowest BCUT2D eigenvalue weighted by Crippen LogP contribution is -2.49. The van der Waals surface area contributed by atoms with Crippen LogP contribution in [0.1, 0.15) is 20.8 Å². The minimum atomic E-state index is -1.14. The summed E-state index contributed by atoms with van der Waals surface area (Å²) in [4.78, 5) is 11.7. The number of aliphatic hydroxyl groups excluding tert-OH is 2. The highest BCUT2D eigenvalue weighted by atomic mass is 16.6. The molecule has 0 aliphatic heterocycles. The summed E-state index contributed by atoms with van der Waals surface area (Å²) < 4.78 is 10.6. The predicted molar refractivity (Wildman–Crippen MR) is 78.2 cm³/mol. The standard InChI is InChI=1S/C15H23NO5/c1-15(2,3)21-14(19)16-12(13(18)9-17)10-20-11-7-5-4-6-8-11/h4-8,12-13,17-18H,9-10H2,1-3H3,(H,16,19). The maximum atomic E-state index is 11.7. The van der Waals surface area contributed by atoms with Gasteiger partial charge in [-0.25, -0.2) is 4.79 Å². The molecule has 2 unspecified atom stereocenters. The number of aliphatic hydroxyl groups is 2. The molecule has 6 heteroatoms. The van der Waals surface area contributed by atoms with E-state index in [1.807, 2.05) is 18.2 Å². The van der Waals surface area contributed by atoms with Crippen LogP contribution in [0.5, 0.6) is 5.75 Å². The number of ether oxygens (including phenoxy) is 2. The van der Waals surface area contributed by atoms with Gasteiger partial charge in [-0.15, -0.1) is 0 Å². The van der Waals surface area contributed by atoms with Gasteiger partial charge in [-0.05, 0) is 32.9 Å². The van der Waals surface area contributed by atoms with Crippen molar-refractivity contribution in [1.29, 1.82) is 0 Å². The maximum absolute atomic E-state index is 11.7. The van der Waals surface area contributed by atoms with Gasteiger partial charge in [0, 0.05) is 0 Å². The predicted octanol–water partition coefficient (Wildman–Crippen LogP) is 1.31. The first-order chi connectivity index (χ1) is 9.81. The molecule has 0 saturated heterocycles. The van der Waals surface area contributed by atoms with E-state index in [0.29, 0.717) is 5.75 Å². The third-order valence-electron chi connectivity index (χ3n) is 2.53. The zero-order chi connectivity index (χ0) is 15.9. The van der Waals surface area contributed by atoms with Crippen molar-refractivity contribution in [3.05, 3.63) is 30.3 Å². The molecule has 118 valence electrons. The van der Waals surface area contributed by atoms with Crippen LogP contribution in [-0.4, -0.2) is 47.3 Å². The van der Waals surface area contributed by atoms with Gasteiger partial charge in [0.1, 0.15) is 24.1 Å². The van der Waals surface area contributed by atoms with Crippen molar-refractivity contribution in [3.8, 4) is 5.75 Å². The highest BCUT2D eigenvalue weighted by Crippen LogP contribution is 2.10. The Hall–Kier alpha value is -1.79. The number of para-hydroxylation sites is 1. The zero-order valence-electron chi connectivity index (χ0n) is 12.6. The van der Waals surface area contributed by atoms with Crippen LogP contribution in [0.2, 0.25) is 0 Å². The lowest BCUT2D eigenvalue weighted by molar-refractivity contribution is 0.0231. The highest BCUT2D eigenvalue weighted by Gasteiger charge is 2.24. The third-order valence-corrected chi connectivity index (χ3v) is 2.53. The van der Waals surface area contributed by atoms with Gasteiger partial charge >= 0.3 is 6.09 Å². The number of nitrogens with one attached hydrogen (secondary N) is 1. The van der Waals surface area contributed by atoms with Crippen LogP contribution in [-0.2, 0) is 4.74 Å². The molecule has 0 heterocycles. The van der Waals surface area contributed by atoms with E-state index in [1.165, 1.54) is 0 Å². The first-order valence-corrected chi connectivity index (χ1v) is 6.78. The molecule has 0 aliphatic carbocycles. The van der Waals surface area contributed by atoms with Gasteiger partial charge in [0.25, 0.3) is 0 Å². The quantitative estimate of drug-likeness (QED) is 0.737. The van der Waals surface area contributed by atoms with Crippen molar-refractivity contribution < 1.29 is 24.5 Å². The van der Waals surface area contributed by atoms with Crippen molar-refractivity contribution in [3.63, 3.8) is 0 Å². The summed E-state index contributed by atoms with van der Waals surface area (Å²) in [7, 11) is 0. The van der Waals surface area contributed by atoms with Crippen LogP contribution in [0, 0.1) is 0 Å². The van der Waals surface area contributed by atoms with Crippen LogP contribution in [0.3, 0.4) is 0 Å². The van der Waals surface area contributed by atoms with E-state index >= 15 is 0 Å². The third kappa shape index (κ3) is 6.97. The molecule has 3 N–H and O–H groups in total. The molecule has 0 spiro atoms. The fourth-order valence-electron chi connectivity index (χ4n) is 1.54. The molecule has 0 saturated carbocycles. The topological polar surface area (TPSA) is 88.0 Å². The van der Waals surface area contributed by atoms with Crippen LogP contribution < -0.4 is 10.1 Å². The second kappa shape index (κ2) is 7.85. The summed E-state index contributed by atoms with van der Waals surface area (Å²) in [6, 6.07) is 8.23. The van der Waals surface area contributed by atoms with E-state index in [1.54, 1.807) is 32.9 Å². The SMILES string of the molecule is CC(C)(C)OC(=O)NC(COc1ccccc1)C(O)CO. The Morgan fingerprint density at radius 3 is 2.43 bits per heavy atom. The molecule has 0 aromatic heterocycles. The molecule has 6 nitrogen and oxygen atoms in total. The number of benzene rings is 1. The number of hydrogen-bond acceptors (Lipinski definition) is 5. The second-order valence-electron chi connectivity index (χ2n) is 5.63. The Balaban J connectivity index is 2.58. The first-order valence-electron chi connectivity index (χ1n) is 6.78. The minimum absolute atomic E-state index is 0.0188. The smallest absolute Gasteiger partial charge is 0.408 e. The van der Waals surface area contributed by atoms with E-state index in [0.717, 1.165) is 0 Å². The molecule has 1 aromatic rings. The first kappa shape index (κ1) is 17.3. The van der Waals surface area contributed by atoms with Gasteiger partial charge in [-0.1, -0.05) is 18.2 Å². The van der Waals surface area contributed by atoms with Crippen molar-refractivity contribution in [2.45, 2.75) is 38.5 Å². The van der Waals surface area contributed by atoms with Crippen LogP contribution in [0.25, 0.3) is 0 Å². The Bertz CT molecular complexity index is 429. The molecule has 0 radical (unpaired) electrons. The monoisotopic (exact) mass is 297 g/mol. The number of amides is 1. The van der Waals surface area contributed by atoms with Crippen LogP contribution >= 0.6 is 0 Å². The lowest BCUT2D eigenvalue weighted by Gasteiger charge is -2.26. The Kier molecular flexibility index (Phi) is 6.45. The van der Waals surface area contributed by atoms with E-state index in [9.17, 15) is 9.90 Å². The molecule has 0 bridgehead atoms. The summed E-state index contributed by atoms with van der Waals surface area (Å²) in [5.74, 6) is 0.610. The molecule has 2 atom stereocenters. The van der Waals surface area contributed by atoms with Gasteiger partial charge < -0.3 is 25.0 Å². The molecular formula is C15H23NO5. The summed E-state index contributed by atoms with van der Waals surface area (Å²) in [6.07, 6.45) is -1.81. The number of alkyl carbamates (subject to hydrolysis) is 1. The van der Waals surface area contributed by atoms with Gasteiger partial charge in [0.05, 0.1) is 12.6 Å². The van der Waals surface area contributed by atoms with E-state index in [4.69, 9.17) is 14.6 Å².